The van der Waals surface area contributed by atoms with Gasteiger partial charge in [-0.05, 0) is 33.7 Å². The van der Waals surface area contributed by atoms with E-state index >= 15 is 0 Å². The molecule has 0 aliphatic heterocycles. The second-order valence-electron chi connectivity index (χ2n) is 4.35. The Bertz CT molecular complexity index is 416. The molecule has 0 aliphatic rings. The Labute approximate surface area is 108 Å². The third-order valence-corrected chi connectivity index (χ3v) is 2.08. The topological polar surface area (TPSA) is 62.5 Å². The number of aromatic nitrogens is 1. The number of hydrogen-bond donors (Lipinski definition) is 2. The normalized spacial score (nSPS) is 11.4. The minimum Gasteiger partial charge on any atom is -0.427 e. The maximum absolute atomic E-state index is 5.52. The van der Waals surface area contributed by atoms with Crippen LogP contribution in [0.5, 0.6) is 0 Å². The average molecular weight is 250 g/mol. The zero-order valence-corrected chi connectivity index (χ0v) is 11.6. The number of aliphatic imine (C=N–C) groups is 1. The quantitative estimate of drug-likeness (QED) is 0.463. The Morgan fingerprint density at radius 2 is 2.22 bits per heavy atom. The van der Waals surface area contributed by atoms with Gasteiger partial charge in [0.2, 0.25) is 0 Å². The molecule has 5 nitrogen and oxygen atoms in total. The van der Waals surface area contributed by atoms with E-state index in [1.165, 1.54) is 0 Å². The fourth-order valence-corrected chi connectivity index (χ4v) is 1.25. The number of amidine groups is 1. The Hall–Kier alpha value is -1.62. The first-order valence-electron chi connectivity index (χ1n) is 6.22. The number of nitrogens with zero attached hydrogens (tertiary/aromatic N) is 2. The van der Waals surface area contributed by atoms with E-state index in [-0.39, 0.29) is 0 Å². The van der Waals surface area contributed by atoms with Crippen LogP contribution in [-0.2, 0) is 6.54 Å². The minimum absolute atomic E-state index is 0.478. The molecule has 1 rings (SSSR count). The van der Waals surface area contributed by atoms with Crippen LogP contribution >= 0.6 is 0 Å². The summed E-state index contributed by atoms with van der Waals surface area (Å²) >= 11 is 0. The number of allylic oxidation sites excluding steroid dienone is 1. The summed E-state index contributed by atoms with van der Waals surface area (Å²) in [5, 5.41) is 6.26. The van der Waals surface area contributed by atoms with Crippen LogP contribution in [0.3, 0.4) is 0 Å². The molecule has 1 aromatic rings. The SMILES string of the molecule is CCCNCc1cnc(NC(C)=NC=C(C)C)o1. The van der Waals surface area contributed by atoms with Crippen LogP contribution in [0.15, 0.2) is 27.4 Å². The van der Waals surface area contributed by atoms with E-state index in [0.717, 1.165) is 30.1 Å². The zero-order valence-electron chi connectivity index (χ0n) is 11.6. The third kappa shape index (κ3) is 5.63. The molecule has 0 bridgehead atoms. The van der Waals surface area contributed by atoms with Crippen molar-refractivity contribution in [3.8, 4) is 0 Å². The first-order chi connectivity index (χ1) is 8.61. The van der Waals surface area contributed by atoms with Gasteiger partial charge in [-0.3, -0.25) is 5.32 Å². The van der Waals surface area contributed by atoms with Crippen molar-refractivity contribution in [3.05, 3.63) is 23.7 Å². The first-order valence-corrected chi connectivity index (χ1v) is 6.22. The van der Waals surface area contributed by atoms with Crippen LogP contribution < -0.4 is 10.6 Å². The lowest BCUT2D eigenvalue weighted by molar-refractivity contribution is 0.493. The number of oxazole rings is 1. The predicted molar refractivity (Wildman–Crippen MR) is 74.7 cm³/mol. The molecule has 100 valence electrons. The van der Waals surface area contributed by atoms with Crippen LogP contribution in [0, 0.1) is 0 Å². The lowest BCUT2D eigenvalue weighted by Crippen LogP contribution is -2.13. The van der Waals surface area contributed by atoms with Gasteiger partial charge in [0, 0.05) is 6.20 Å². The van der Waals surface area contributed by atoms with Crippen LogP contribution in [0.25, 0.3) is 0 Å². The highest BCUT2D eigenvalue weighted by Gasteiger charge is 2.03. The van der Waals surface area contributed by atoms with Gasteiger partial charge in [0.1, 0.15) is 11.6 Å². The van der Waals surface area contributed by atoms with Gasteiger partial charge in [-0.1, -0.05) is 12.5 Å². The van der Waals surface area contributed by atoms with Crippen molar-refractivity contribution < 1.29 is 4.42 Å². The van der Waals surface area contributed by atoms with E-state index in [1.54, 1.807) is 12.4 Å². The molecule has 2 N–H and O–H groups in total. The van der Waals surface area contributed by atoms with Crippen molar-refractivity contribution in [1.82, 2.24) is 10.3 Å². The van der Waals surface area contributed by atoms with Gasteiger partial charge in [-0.25, -0.2) is 9.98 Å². The Balaban J connectivity index is 2.48. The summed E-state index contributed by atoms with van der Waals surface area (Å²) in [5.41, 5.74) is 1.15. The van der Waals surface area contributed by atoms with Gasteiger partial charge in [0.25, 0.3) is 6.01 Å². The summed E-state index contributed by atoms with van der Waals surface area (Å²) in [7, 11) is 0. The van der Waals surface area contributed by atoms with Crippen molar-refractivity contribution in [1.29, 1.82) is 0 Å². The molecular formula is C13H22N4O. The fourth-order valence-electron chi connectivity index (χ4n) is 1.25. The van der Waals surface area contributed by atoms with Crippen molar-refractivity contribution in [2.75, 3.05) is 11.9 Å². The molecule has 1 aromatic heterocycles. The molecule has 0 aromatic carbocycles. The van der Waals surface area contributed by atoms with Gasteiger partial charge in [-0.2, -0.15) is 0 Å². The molecule has 5 heteroatoms. The lowest BCUT2D eigenvalue weighted by Gasteiger charge is -2.00. The highest BCUT2D eigenvalue weighted by atomic mass is 16.4. The summed E-state index contributed by atoms with van der Waals surface area (Å²) < 4.78 is 5.52. The Morgan fingerprint density at radius 1 is 1.44 bits per heavy atom. The van der Waals surface area contributed by atoms with E-state index in [9.17, 15) is 0 Å². The molecule has 0 fully saturated rings. The predicted octanol–water partition coefficient (Wildman–Crippen LogP) is 2.93. The molecule has 0 saturated heterocycles. The first kappa shape index (κ1) is 14.4. The molecule has 0 unspecified atom stereocenters. The summed E-state index contributed by atoms with van der Waals surface area (Å²) in [6.45, 7) is 9.68. The number of nitrogens with one attached hydrogen (secondary N) is 2. The lowest BCUT2D eigenvalue weighted by atomic mass is 10.4. The van der Waals surface area contributed by atoms with E-state index in [4.69, 9.17) is 4.42 Å². The van der Waals surface area contributed by atoms with Gasteiger partial charge in [-0.15, -0.1) is 0 Å². The highest BCUT2D eigenvalue weighted by Crippen LogP contribution is 2.08. The zero-order chi connectivity index (χ0) is 13.4. The summed E-state index contributed by atoms with van der Waals surface area (Å²) in [6, 6.07) is 0.478. The second kappa shape index (κ2) is 7.66. The van der Waals surface area contributed by atoms with Crippen LogP contribution in [-0.4, -0.2) is 17.4 Å². The Kier molecular flexibility index (Phi) is 6.14. The van der Waals surface area contributed by atoms with Crippen molar-refractivity contribution in [3.63, 3.8) is 0 Å². The van der Waals surface area contributed by atoms with E-state index in [0.29, 0.717) is 12.6 Å². The van der Waals surface area contributed by atoms with Gasteiger partial charge < -0.3 is 9.73 Å². The number of hydrogen-bond acceptors (Lipinski definition) is 4. The largest absolute Gasteiger partial charge is 0.427 e. The van der Waals surface area contributed by atoms with Crippen molar-refractivity contribution in [2.45, 2.75) is 40.7 Å². The average Bonchev–Trinajstić information content (AvgIpc) is 2.74. The smallest absolute Gasteiger partial charge is 0.300 e. The van der Waals surface area contributed by atoms with Gasteiger partial charge in [0.05, 0.1) is 12.7 Å². The molecule has 18 heavy (non-hydrogen) atoms. The summed E-state index contributed by atoms with van der Waals surface area (Å²) in [5.74, 6) is 1.58. The monoisotopic (exact) mass is 250 g/mol. The van der Waals surface area contributed by atoms with Crippen LogP contribution in [0.4, 0.5) is 6.01 Å². The maximum atomic E-state index is 5.52. The fraction of sp³-hybridized carbons (Fsp3) is 0.538. The van der Waals surface area contributed by atoms with E-state index < -0.39 is 0 Å². The highest BCUT2D eigenvalue weighted by molar-refractivity contribution is 5.91. The second-order valence-corrected chi connectivity index (χ2v) is 4.35. The standard InChI is InChI=1S/C13H22N4O/c1-5-6-14-8-12-9-16-13(18-12)17-11(4)15-7-10(2)3/h7,9,14H,5-6,8H2,1-4H3,(H,15,16,17). The minimum atomic E-state index is 0.478. The molecule has 0 saturated carbocycles. The van der Waals surface area contributed by atoms with Crippen LogP contribution in [0.1, 0.15) is 39.9 Å². The molecule has 0 amide bonds. The van der Waals surface area contributed by atoms with Crippen molar-refractivity contribution >= 4 is 11.9 Å². The molecule has 0 spiro atoms. The summed E-state index contributed by atoms with van der Waals surface area (Å²) in [4.78, 5) is 8.37. The molecule has 0 aliphatic carbocycles. The molecular weight excluding hydrogens is 228 g/mol. The maximum Gasteiger partial charge on any atom is 0.300 e. The Morgan fingerprint density at radius 3 is 2.89 bits per heavy atom. The summed E-state index contributed by atoms with van der Waals surface area (Å²) in [6.07, 6.45) is 4.63. The van der Waals surface area contributed by atoms with Crippen molar-refractivity contribution in [2.24, 2.45) is 4.99 Å². The van der Waals surface area contributed by atoms with Crippen LogP contribution in [0.2, 0.25) is 0 Å². The van der Waals surface area contributed by atoms with E-state index in [1.807, 2.05) is 20.8 Å². The molecule has 0 radical (unpaired) electrons. The van der Waals surface area contributed by atoms with E-state index in [2.05, 4.69) is 27.5 Å². The third-order valence-electron chi connectivity index (χ3n) is 2.08. The number of rotatable bonds is 6. The number of anilines is 1. The van der Waals surface area contributed by atoms with Gasteiger partial charge >= 0.3 is 0 Å². The van der Waals surface area contributed by atoms with Gasteiger partial charge in [0.15, 0.2) is 0 Å². The molecule has 1 heterocycles. The molecule has 0 atom stereocenters.